The maximum atomic E-state index is 12.9. The zero-order chi connectivity index (χ0) is 26.1. The molecule has 0 aliphatic carbocycles. The van der Waals surface area contributed by atoms with E-state index in [1.807, 2.05) is 35.2 Å². The highest BCUT2D eigenvalue weighted by molar-refractivity contribution is 8.16. The number of anilines is 2. The number of fused-ring (bicyclic) bond motifs is 1. The molecule has 0 saturated carbocycles. The number of amidine groups is 1. The first-order valence-corrected chi connectivity index (χ1v) is 15.9. The Morgan fingerprint density at radius 3 is 2.16 bits per heavy atom. The number of carbonyl (C=O) groups excluding carboxylic acids is 1. The number of rotatable bonds is 5. The molecule has 2 atom stereocenters. The van der Waals surface area contributed by atoms with Gasteiger partial charge in [-0.25, -0.2) is 8.42 Å². The van der Waals surface area contributed by atoms with Crippen molar-refractivity contribution < 1.29 is 13.2 Å². The second-order valence-corrected chi connectivity index (χ2v) is 13.7. The standard InChI is InChI=1S/C30H31N3O3S2/c34-29(24-9-5-2-6-10-24)31-30-33(27-20-38(35,36)21-28(27)37-30)26-13-11-25(12-14-26)32-17-15-23(16-18-32)19-22-7-3-1-4-8-22/h1-14,23,27-28H,15-21H2. The lowest BCUT2D eigenvalue weighted by atomic mass is 9.90. The van der Waals surface area contributed by atoms with Gasteiger partial charge in [0.1, 0.15) is 0 Å². The normalized spacial score (nSPS) is 24.1. The van der Waals surface area contributed by atoms with Crippen LogP contribution in [0, 0.1) is 5.92 Å². The Bertz CT molecular complexity index is 1420. The maximum Gasteiger partial charge on any atom is 0.279 e. The van der Waals surface area contributed by atoms with E-state index in [0.717, 1.165) is 25.2 Å². The minimum atomic E-state index is -3.11. The lowest BCUT2D eigenvalue weighted by Crippen LogP contribution is -2.38. The first-order valence-electron chi connectivity index (χ1n) is 13.2. The van der Waals surface area contributed by atoms with Crippen LogP contribution in [0.1, 0.15) is 28.8 Å². The van der Waals surface area contributed by atoms with Crippen molar-refractivity contribution in [3.05, 3.63) is 96.1 Å². The van der Waals surface area contributed by atoms with E-state index in [0.29, 0.717) is 16.6 Å². The summed E-state index contributed by atoms with van der Waals surface area (Å²) in [4.78, 5) is 21.7. The van der Waals surface area contributed by atoms with Crippen molar-refractivity contribution in [3.8, 4) is 0 Å². The van der Waals surface area contributed by atoms with Gasteiger partial charge >= 0.3 is 0 Å². The molecule has 3 saturated heterocycles. The second kappa shape index (κ2) is 10.6. The van der Waals surface area contributed by atoms with E-state index in [9.17, 15) is 13.2 Å². The highest BCUT2D eigenvalue weighted by atomic mass is 32.2. The molecule has 3 aromatic rings. The number of carbonyl (C=O) groups is 1. The lowest BCUT2D eigenvalue weighted by molar-refractivity contribution is 0.100. The number of amides is 1. The summed E-state index contributed by atoms with van der Waals surface area (Å²) in [6.07, 6.45) is 3.47. The summed E-state index contributed by atoms with van der Waals surface area (Å²) < 4.78 is 24.8. The minimum absolute atomic E-state index is 0.0832. The van der Waals surface area contributed by atoms with Gasteiger partial charge in [-0.1, -0.05) is 60.3 Å². The van der Waals surface area contributed by atoms with Crippen molar-refractivity contribution in [3.63, 3.8) is 0 Å². The fraction of sp³-hybridized carbons (Fsp3) is 0.333. The molecule has 3 aliphatic heterocycles. The highest BCUT2D eigenvalue weighted by Gasteiger charge is 2.49. The zero-order valence-electron chi connectivity index (χ0n) is 21.1. The van der Waals surface area contributed by atoms with Crippen molar-refractivity contribution in [2.75, 3.05) is 34.4 Å². The Morgan fingerprint density at radius 2 is 1.47 bits per heavy atom. The van der Waals surface area contributed by atoms with Gasteiger partial charge in [-0.2, -0.15) is 4.99 Å². The van der Waals surface area contributed by atoms with Gasteiger partial charge in [0.15, 0.2) is 15.0 Å². The van der Waals surface area contributed by atoms with Gasteiger partial charge in [0, 0.05) is 35.3 Å². The molecule has 6 rings (SSSR count). The number of aliphatic imine (C=N–C) groups is 1. The molecule has 38 heavy (non-hydrogen) atoms. The molecular formula is C30H31N3O3S2. The minimum Gasteiger partial charge on any atom is -0.372 e. The summed E-state index contributed by atoms with van der Waals surface area (Å²) in [5.74, 6) is 0.598. The predicted octanol–water partition coefficient (Wildman–Crippen LogP) is 5.06. The van der Waals surface area contributed by atoms with Crippen molar-refractivity contribution in [2.24, 2.45) is 10.9 Å². The SMILES string of the molecule is O=C(N=C1SC2CS(=O)(=O)CC2N1c1ccc(N2CCC(Cc3ccccc3)CC2)cc1)c1ccccc1. The third kappa shape index (κ3) is 5.38. The molecule has 0 aromatic heterocycles. The van der Waals surface area contributed by atoms with Gasteiger partial charge < -0.3 is 9.80 Å². The van der Waals surface area contributed by atoms with Crippen LogP contribution < -0.4 is 9.80 Å². The van der Waals surface area contributed by atoms with Crippen LogP contribution in [0.2, 0.25) is 0 Å². The molecule has 0 N–H and O–H groups in total. The Labute approximate surface area is 228 Å². The quantitative estimate of drug-likeness (QED) is 0.446. The molecule has 0 spiro atoms. The van der Waals surface area contributed by atoms with Crippen LogP contribution in [0.25, 0.3) is 0 Å². The zero-order valence-corrected chi connectivity index (χ0v) is 22.8. The molecule has 6 nitrogen and oxygen atoms in total. The summed E-state index contributed by atoms with van der Waals surface area (Å²) in [5, 5.41) is 0.462. The van der Waals surface area contributed by atoms with Crippen LogP contribution in [-0.2, 0) is 16.3 Å². The number of thioether (sulfide) groups is 1. The molecule has 2 unspecified atom stereocenters. The van der Waals surface area contributed by atoms with Crippen molar-refractivity contribution in [1.82, 2.24) is 0 Å². The second-order valence-electron chi connectivity index (χ2n) is 10.4. The van der Waals surface area contributed by atoms with E-state index in [1.54, 1.807) is 12.1 Å². The van der Waals surface area contributed by atoms with Gasteiger partial charge in [-0.3, -0.25) is 4.79 Å². The fourth-order valence-electron chi connectivity index (χ4n) is 5.77. The van der Waals surface area contributed by atoms with Crippen LogP contribution in [-0.4, -0.2) is 55.4 Å². The number of hydrogen-bond acceptors (Lipinski definition) is 5. The average Bonchev–Trinajstić information content (AvgIpc) is 3.41. The summed E-state index contributed by atoms with van der Waals surface area (Å²) in [6.45, 7) is 2.05. The molecule has 3 aliphatic rings. The molecule has 1 amide bonds. The highest BCUT2D eigenvalue weighted by Crippen LogP contribution is 2.41. The lowest BCUT2D eigenvalue weighted by Gasteiger charge is -2.34. The molecular weight excluding hydrogens is 514 g/mol. The van der Waals surface area contributed by atoms with Crippen LogP contribution in [0.3, 0.4) is 0 Å². The molecule has 0 radical (unpaired) electrons. The largest absolute Gasteiger partial charge is 0.372 e. The van der Waals surface area contributed by atoms with Gasteiger partial charge in [0.25, 0.3) is 5.91 Å². The molecule has 8 heteroatoms. The number of benzene rings is 3. The number of nitrogens with zero attached hydrogens (tertiary/aromatic N) is 3. The third-order valence-corrected chi connectivity index (χ3v) is 11.0. The molecule has 3 aromatic carbocycles. The van der Waals surface area contributed by atoms with Crippen molar-refractivity contribution >= 4 is 44.0 Å². The fourth-order valence-corrected chi connectivity index (χ4v) is 9.68. The van der Waals surface area contributed by atoms with Gasteiger partial charge in [-0.15, -0.1) is 0 Å². The van der Waals surface area contributed by atoms with Crippen molar-refractivity contribution in [1.29, 1.82) is 0 Å². The molecule has 196 valence electrons. The number of piperidine rings is 1. The number of sulfone groups is 1. The first kappa shape index (κ1) is 25.2. The smallest absolute Gasteiger partial charge is 0.279 e. The molecule has 3 heterocycles. The molecule has 3 fully saturated rings. The average molecular weight is 546 g/mol. The summed E-state index contributed by atoms with van der Waals surface area (Å²) in [7, 11) is -3.11. The van der Waals surface area contributed by atoms with E-state index >= 15 is 0 Å². The van der Waals surface area contributed by atoms with Crippen LogP contribution in [0.5, 0.6) is 0 Å². The van der Waals surface area contributed by atoms with E-state index in [4.69, 9.17) is 0 Å². The van der Waals surface area contributed by atoms with E-state index < -0.39 is 9.84 Å². The Morgan fingerprint density at radius 1 is 0.842 bits per heavy atom. The topological polar surface area (TPSA) is 70.0 Å². The monoisotopic (exact) mass is 545 g/mol. The maximum absolute atomic E-state index is 12.9. The van der Waals surface area contributed by atoms with Gasteiger partial charge in [0.2, 0.25) is 0 Å². The summed E-state index contributed by atoms with van der Waals surface area (Å²) in [5.41, 5.74) is 3.99. The van der Waals surface area contributed by atoms with E-state index in [-0.39, 0.29) is 28.7 Å². The third-order valence-electron chi connectivity index (χ3n) is 7.76. The summed E-state index contributed by atoms with van der Waals surface area (Å²) >= 11 is 1.41. The predicted molar refractivity (Wildman–Crippen MR) is 156 cm³/mol. The Balaban J connectivity index is 1.18. The Hall–Kier alpha value is -3.10. The van der Waals surface area contributed by atoms with E-state index in [2.05, 4.69) is 52.4 Å². The van der Waals surface area contributed by atoms with Crippen LogP contribution >= 0.6 is 11.8 Å². The van der Waals surface area contributed by atoms with E-state index in [1.165, 1.54) is 35.9 Å². The molecule has 0 bridgehead atoms. The Kier molecular flexibility index (Phi) is 7.01. The van der Waals surface area contributed by atoms with Gasteiger partial charge in [0.05, 0.1) is 17.5 Å². The number of hydrogen-bond donors (Lipinski definition) is 0. The first-order chi connectivity index (χ1) is 18.4. The van der Waals surface area contributed by atoms with Crippen LogP contribution in [0.15, 0.2) is 89.9 Å². The van der Waals surface area contributed by atoms with Gasteiger partial charge in [-0.05, 0) is 67.1 Å². The summed E-state index contributed by atoms with van der Waals surface area (Å²) in [6, 6.07) is 27.8. The van der Waals surface area contributed by atoms with Crippen molar-refractivity contribution in [2.45, 2.75) is 30.6 Å². The van der Waals surface area contributed by atoms with Crippen LogP contribution in [0.4, 0.5) is 11.4 Å².